The smallest absolute Gasteiger partial charge is 0.371 e. The fourth-order valence-corrected chi connectivity index (χ4v) is 2.28. The maximum atomic E-state index is 10.7. The van der Waals surface area contributed by atoms with Crippen LogP contribution >= 0.6 is 0 Å². The van der Waals surface area contributed by atoms with Gasteiger partial charge in [-0.3, -0.25) is 4.90 Å². The van der Waals surface area contributed by atoms with Gasteiger partial charge >= 0.3 is 5.97 Å². The average molecular weight is 252 g/mol. The van der Waals surface area contributed by atoms with Crippen LogP contribution in [0.1, 0.15) is 24.4 Å². The van der Waals surface area contributed by atoms with E-state index in [0.29, 0.717) is 11.8 Å². The van der Waals surface area contributed by atoms with Gasteiger partial charge in [-0.05, 0) is 12.0 Å². The summed E-state index contributed by atoms with van der Waals surface area (Å²) in [7, 11) is 0. The average Bonchev–Trinajstić information content (AvgIpc) is 2.78. The zero-order valence-electron chi connectivity index (χ0n) is 10.9. The number of carbonyl (C=O) groups is 1. The van der Waals surface area contributed by atoms with Crippen molar-refractivity contribution in [2.24, 2.45) is 5.92 Å². The lowest BCUT2D eigenvalue weighted by Crippen LogP contribution is -2.47. The molecule has 1 aliphatic heterocycles. The van der Waals surface area contributed by atoms with E-state index in [1.165, 1.54) is 6.07 Å². The van der Waals surface area contributed by atoms with Gasteiger partial charge in [0.25, 0.3) is 0 Å². The second-order valence-corrected chi connectivity index (χ2v) is 5.12. The first-order valence-electron chi connectivity index (χ1n) is 6.36. The van der Waals surface area contributed by atoms with E-state index in [-0.39, 0.29) is 5.76 Å². The van der Waals surface area contributed by atoms with Crippen LogP contribution in [0.2, 0.25) is 0 Å². The first-order valence-corrected chi connectivity index (χ1v) is 6.36. The molecule has 0 aliphatic carbocycles. The normalized spacial score (nSPS) is 17.4. The second kappa shape index (κ2) is 5.44. The molecule has 0 unspecified atom stereocenters. The van der Waals surface area contributed by atoms with E-state index in [4.69, 9.17) is 9.52 Å². The summed E-state index contributed by atoms with van der Waals surface area (Å²) < 4.78 is 5.31. The molecule has 0 atom stereocenters. The fourth-order valence-electron chi connectivity index (χ4n) is 2.28. The Bertz CT molecular complexity index is 406. The minimum absolute atomic E-state index is 0.00890. The lowest BCUT2D eigenvalue weighted by atomic mass is 10.2. The Hall–Kier alpha value is -1.49. The van der Waals surface area contributed by atoms with Gasteiger partial charge in [-0.2, -0.15) is 0 Å². The molecule has 1 N–H and O–H groups in total. The third-order valence-corrected chi connectivity index (χ3v) is 3.11. The molecule has 0 spiro atoms. The van der Waals surface area contributed by atoms with Crippen molar-refractivity contribution >= 4 is 11.9 Å². The van der Waals surface area contributed by atoms with Crippen LogP contribution in [0.3, 0.4) is 0 Å². The molecule has 1 aliphatic rings. The molecule has 0 aromatic carbocycles. The molecule has 100 valence electrons. The van der Waals surface area contributed by atoms with Crippen LogP contribution in [0.4, 0.5) is 5.88 Å². The topological polar surface area (TPSA) is 56.9 Å². The predicted molar refractivity (Wildman–Crippen MR) is 69.2 cm³/mol. The summed E-state index contributed by atoms with van der Waals surface area (Å²) in [6.07, 6.45) is 0. The third kappa shape index (κ3) is 3.04. The highest BCUT2D eigenvalue weighted by Gasteiger charge is 2.20. The maximum Gasteiger partial charge on any atom is 0.371 e. The Morgan fingerprint density at radius 3 is 2.50 bits per heavy atom. The van der Waals surface area contributed by atoms with Crippen LogP contribution in [-0.2, 0) is 0 Å². The molecule has 2 rings (SSSR count). The molecule has 1 aromatic heterocycles. The maximum absolute atomic E-state index is 10.7. The molecule has 5 nitrogen and oxygen atoms in total. The highest BCUT2D eigenvalue weighted by molar-refractivity contribution is 5.84. The number of carboxylic acid groups (broad SMARTS) is 1. The second-order valence-electron chi connectivity index (χ2n) is 5.12. The Labute approximate surface area is 107 Å². The number of hydrogen-bond donors (Lipinski definition) is 1. The van der Waals surface area contributed by atoms with Crippen molar-refractivity contribution in [1.29, 1.82) is 0 Å². The van der Waals surface area contributed by atoms with Crippen LogP contribution in [0.5, 0.6) is 0 Å². The highest BCUT2D eigenvalue weighted by atomic mass is 16.4. The van der Waals surface area contributed by atoms with Gasteiger partial charge in [0, 0.05) is 38.8 Å². The predicted octanol–water partition coefficient (Wildman–Crippen LogP) is 1.76. The van der Waals surface area contributed by atoms with Gasteiger partial charge in [0.2, 0.25) is 5.76 Å². The molecule has 5 heteroatoms. The molecule has 18 heavy (non-hydrogen) atoms. The van der Waals surface area contributed by atoms with Gasteiger partial charge in [0.15, 0.2) is 5.88 Å². The van der Waals surface area contributed by atoms with Crippen molar-refractivity contribution in [2.75, 3.05) is 37.6 Å². The van der Waals surface area contributed by atoms with E-state index in [0.717, 1.165) is 32.7 Å². The SMILES string of the molecule is CC(C)CN1CCN(c2ccc(C(=O)O)o2)CC1. The van der Waals surface area contributed by atoms with Crippen LogP contribution in [0.25, 0.3) is 0 Å². The van der Waals surface area contributed by atoms with Gasteiger partial charge in [0.05, 0.1) is 0 Å². The zero-order valence-corrected chi connectivity index (χ0v) is 10.9. The van der Waals surface area contributed by atoms with E-state index in [9.17, 15) is 4.79 Å². The third-order valence-electron chi connectivity index (χ3n) is 3.11. The summed E-state index contributed by atoms with van der Waals surface area (Å²) in [5.41, 5.74) is 0. The first kappa shape index (κ1) is 13.0. The first-order chi connectivity index (χ1) is 8.56. The minimum atomic E-state index is -1.01. The number of aromatic carboxylic acids is 1. The summed E-state index contributed by atoms with van der Waals surface area (Å²) in [6.45, 7) is 9.34. The van der Waals surface area contributed by atoms with Crippen LogP contribution in [-0.4, -0.2) is 48.7 Å². The minimum Gasteiger partial charge on any atom is -0.475 e. The fraction of sp³-hybridized carbons (Fsp3) is 0.615. The number of hydrogen-bond acceptors (Lipinski definition) is 4. The largest absolute Gasteiger partial charge is 0.475 e. The Kier molecular flexibility index (Phi) is 3.91. The summed E-state index contributed by atoms with van der Waals surface area (Å²) in [5, 5.41) is 8.82. The summed E-state index contributed by atoms with van der Waals surface area (Å²) in [4.78, 5) is 15.3. The van der Waals surface area contributed by atoms with Crippen molar-refractivity contribution < 1.29 is 14.3 Å². The van der Waals surface area contributed by atoms with E-state index >= 15 is 0 Å². The zero-order chi connectivity index (χ0) is 13.1. The van der Waals surface area contributed by atoms with Crippen LogP contribution in [0, 0.1) is 5.92 Å². The summed E-state index contributed by atoms with van der Waals surface area (Å²) in [6, 6.07) is 3.25. The number of piperazine rings is 1. The van der Waals surface area contributed by atoms with Crippen molar-refractivity contribution in [3.05, 3.63) is 17.9 Å². The lowest BCUT2D eigenvalue weighted by Gasteiger charge is -2.35. The molecule has 0 bridgehead atoms. The summed E-state index contributed by atoms with van der Waals surface area (Å²) >= 11 is 0. The van der Waals surface area contributed by atoms with Crippen molar-refractivity contribution in [1.82, 2.24) is 4.90 Å². The molecule has 1 saturated heterocycles. The van der Waals surface area contributed by atoms with E-state index < -0.39 is 5.97 Å². The quantitative estimate of drug-likeness (QED) is 0.884. The lowest BCUT2D eigenvalue weighted by molar-refractivity contribution is 0.0663. The molecule has 0 radical (unpaired) electrons. The number of nitrogens with zero attached hydrogens (tertiary/aromatic N) is 2. The molecule has 0 saturated carbocycles. The standard InChI is InChI=1S/C13H20N2O3/c1-10(2)9-14-5-7-15(8-6-14)12-4-3-11(18-12)13(16)17/h3-4,10H,5-9H2,1-2H3,(H,16,17). The molecular weight excluding hydrogens is 232 g/mol. The Morgan fingerprint density at radius 1 is 1.33 bits per heavy atom. The summed E-state index contributed by atoms with van der Waals surface area (Å²) in [5.74, 6) is 0.338. The molecule has 2 heterocycles. The molecule has 1 aromatic rings. The van der Waals surface area contributed by atoms with Gasteiger partial charge in [-0.15, -0.1) is 0 Å². The van der Waals surface area contributed by atoms with Crippen LogP contribution < -0.4 is 4.90 Å². The van der Waals surface area contributed by atoms with Crippen molar-refractivity contribution in [3.63, 3.8) is 0 Å². The van der Waals surface area contributed by atoms with Gasteiger partial charge in [0.1, 0.15) is 0 Å². The number of anilines is 1. The number of furan rings is 1. The van der Waals surface area contributed by atoms with E-state index in [2.05, 4.69) is 23.6 Å². The van der Waals surface area contributed by atoms with Crippen molar-refractivity contribution in [2.45, 2.75) is 13.8 Å². The Balaban J connectivity index is 1.90. The monoisotopic (exact) mass is 252 g/mol. The molecule has 0 amide bonds. The van der Waals surface area contributed by atoms with Gasteiger partial charge < -0.3 is 14.4 Å². The number of rotatable bonds is 4. The number of carboxylic acids is 1. The van der Waals surface area contributed by atoms with E-state index in [1.807, 2.05) is 0 Å². The Morgan fingerprint density at radius 2 is 2.00 bits per heavy atom. The highest BCUT2D eigenvalue weighted by Crippen LogP contribution is 2.20. The van der Waals surface area contributed by atoms with Crippen molar-refractivity contribution in [3.8, 4) is 0 Å². The molecular formula is C13H20N2O3. The van der Waals surface area contributed by atoms with Gasteiger partial charge in [-0.1, -0.05) is 13.8 Å². The van der Waals surface area contributed by atoms with Gasteiger partial charge in [-0.25, -0.2) is 4.79 Å². The van der Waals surface area contributed by atoms with Crippen LogP contribution in [0.15, 0.2) is 16.5 Å². The van der Waals surface area contributed by atoms with E-state index in [1.54, 1.807) is 6.07 Å². The molecule has 1 fully saturated rings.